The molecule has 1 aliphatic carbocycles. The van der Waals surface area contributed by atoms with Crippen LogP contribution in [0.3, 0.4) is 0 Å². The first-order chi connectivity index (χ1) is 14.3. The van der Waals surface area contributed by atoms with E-state index in [4.69, 9.17) is 0 Å². The molecule has 1 atom stereocenters. The van der Waals surface area contributed by atoms with Gasteiger partial charge in [-0.25, -0.2) is 0 Å². The average Bonchev–Trinajstić information content (AvgIpc) is 3.10. The van der Waals surface area contributed by atoms with Crippen LogP contribution in [0.1, 0.15) is 45.2 Å². The van der Waals surface area contributed by atoms with Crippen molar-refractivity contribution in [2.24, 2.45) is 0 Å². The van der Waals surface area contributed by atoms with Gasteiger partial charge in [-0.15, -0.1) is 0 Å². The molecule has 4 rings (SSSR count). The number of fused-ring (bicyclic) bond motifs is 1. The molecule has 1 aliphatic rings. The molecule has 0 spiro atoms. The van der Waals surface area contributed by atoms with E-state index >= 15 is 0 Å². The number of halogens is 3. The summed E-state index contributed by atoms with van der Waals surface area (Å²) in [6.45, 7) is 1.61. The number of amides is 1. The zero-order chi connectivity index (χ0) is 21.5. The van der Waals surface area contributed by atoms with Gasteiger partial charge in [-0.2, -0.15) is 13.2 Å². The van der Waals surface area contributed by atoms with E-state index in [1.807, 2.05) is 24.3 Å². The molecule has 1 aromatic heterocycles. The predicted molar refractivity (Wildman–Crippen MR) is 107 cm³/mol. The van der Waals surface area contributed by atoms with Crippen LogP contribution in [0.4, 0.5) is 13.2 Å². The second-order valence-electron chi connectivity index (χ2n) is 7.34. The van der Waals surface area contributed by atoms with Gasteiger partial charge >= 0.3 is 6.18 Å². The number of benzene rings is 2. The van der Waals surface area contributed by atoms with Gasteiger partial charge in [0.15, 0.2) is 0 Å². The average molecular weight is 412 g/mol. The van der Waals surface area contributed by atoms with Gasteiger partial charge in [0.2, 0.25) is 0 Å². The molecule has 0 saturated carbocycles. The van der Waals surface area contributed by atoms with Crippen LogP contribution in [0.5, 0.6) is 0 Å². The summed E-state index contributed by atoms with van der Waals surface area (Å²) < 4.78 is 40.4. The summed E-state index contributed by atoms with van der Waals surface area (Å²) in [6.07, 6.45) is -2.96. The van der Waals surface area contributed by atoms with Crippen molar-refractivity contribution >= 4 is 5.91 Å². The van der Waals surface area contributed by atoms with Crippen molar-refractivity contribution in [2.45, 2.75) is 32.0 Å². The van der Waals surface area contributed by atoms with Crippen LogP contribution in [-0.2, 0) is 12.6 Å². The van der Waals surface area contributed by atoms with E-state index in [2.05, 4.69) is 5.32 Å². The molecule has 0 radical (unpaired) electrons. The highest BCUT2D eigenvalue weighted by molar-refractivity contribution is 5.94. The minimum atomic E-state index is -4.53. The molecular weight excluding hydrogens is 393 g/mol. The van der Waals surface area contributed by atoms with Crippen LogP contribution < -0.4 is 10.9 Å². The van der Waals surface area contributed by atoms with Gasteiger partial charge in [0.25, 0.3) is 11.5 Å². The van der Waals surface area contributed by atoms with E-state index in [-0.39, 0.29) is 17.3 Å². The molecule has 1 heterocycles. The predicted octanol–water partition coefficient (Wildman–Crippen LogP) is 4.58. The normalized spacial score (nSPS) is 15.7. The third-order valence-electron chi connectivity index (χ3n) is 5.39. The van der Waals surface area contributed by atoms with Crippen LogP contribution in [0.2, 0.25) is 0 Å². The van der Waals surface area contributed by atoms with Crippen molar-refractivity contribution in [1.82, 2.24) is 9.88 Å². The molecule has 1 unspecified atom stereocenters. The fourth-order valence-electron chi connectivity index (χ4n) is 3.89. The molecule has 30 heavy (non-hydrogen) atoms. The number of aromatic nitrogens is 1. The Bertz CT molecular complexity index is 1180. The Hall–Kier alpha value is -3.35. The Balaban J connectivity index is 1.69. The largest absolute Gasteiger partial charge is 0.416 e. The molecular formula is C23H19F3N2O2. The zero-order valence-electron chi connectivity index (χ0n) is 16.2. The lowest BCUT2D eigenvalue weighted by Gasteiger charge is -2.16. The second kappa shape index (κ2) is 7.48. The summed E-state index contributed by atoms with van der Waals surface area (Å²) in [5, 5.41) is 2.89. The summed E-state index contributed by atoms with van der Waals surface area (Å²) in [5.74, 6) is -0.539. The Kier molecular flexibility index (Phi) is 4.97. The smallest absolute Gasteiger partial charge is 0.345 e. The lowest BCUT2D eigenvalue weighted by Crippen LogP contribution is -2.34. The molecule has 4 nitrogen and oxygen atoms in total. The van der Waals surface area contributed by atoms with E-state index in [0.29, 0.717) is 5.69 Å². The summed E-state index contributed by atoms with van der Waals surface area (Å²) in [5.41, 5.74) is 1.06. The van der Waals surface area contributed by atoms with Gasteiger partial charge in [0.05, 0.1) is 11.6 Å². The van der Waals surface area contributed by atoms with Crippen molar-refractivity contribution in [3.63, 3.8) is 0 Å². The number of carbonyl (C=O) groups is 1. The Morgan fingerprint density at radius 2 is 1.83 bits per heavy atom. The Morgan fingerprint density at radius 3 is 2.60 bits per heavy atom. The van der Waals surface area contributed by atoms with Gasteiger partial charge in [0, 0.05) is 11.4 Å². The van der Waals surface area contributed by atoms with Crippen LogP contribution in [0, 0.1) is 6.92 Å². The summed E-state index contributed by atoms with van der Waals surface area (Å²) >= 11 is 0. The van der Waals surface area contributed by atoms with Crippen LogP contribution in [0.15, 0.2) is 65.5 Å². The van der Waals surface area contributed by atoms with Gasteiger partial charge < -0.3 is 5.32 Å². The van der Waals surface area contributed by atoms with Gasteiger partial charge in [-0.05, 0) is 61.2 Å². The first-order valence-electron chi connectivity index (χ1n) is 9.54. The van der Waals surface area contributed by atoms with E-state index in [1.165, 1.54) is 18.2 Å². The first-order valence-corrected chi connectivity index (χ1v) is 9.54. The van der Waals surface area contributed by atoms with Crippen molar-refractivity contribution in [3.8, 4) is 5.69 Å². The maximum absolute atomic E-state index is 13.1. The molecule has 2 aromatic carbocycles. The molecule has 0 fully saturated rings. The quantitative estimate of drug-likeness (QED) is 0.685. The van der Waals surface area contributed by atoms with E-state index < -0.39 is 23.2 Å². The summed E-state index contributed by atoms with van der Waals surface area (Å²) in [4.78, 5) is 25.9. The molecule has 0 bridgehead atoms. The van der Waals surface area contributed by atoms with Crippen molar-refractivity contribution in [2.75, 3.05) is 0 Å². The molecule has 154 valence electrons. The third-order valence-corrected chi connectivity index (χ3v) is 5.39. The van der Waals surface area contributed by atoms with Crippen molar-refractivity contribution in [3.05, 3.63) is 99.0 Å². The fraction of sp³-hybridized carbons (Fsp3) is 0.217. The van der Waals surface area contributed by atoms with Crippen LogP contribution in [0.25, 0.3) is 5.69 Å². The number of hydrogen-bond donors (Lipinski definition) is 1. The molecule has 1 amide bonds. The third kappa shape index (κ3) is 3.63. The number of alkyl halides is 3. The van der Waals surface area contributed by atoms with Crippen molar-refractivity contribution in [1.29, 1.82) is 0 Å². The number of rotatable bonds is 3. The zero-order valence-corrected chi connectivity index (χ0v) is 16.2. The number of aryl methyl sites for hydroxylation is 2. The highest BCUT2D eigenvalue weighted by Gasteiger charge is 2.31. The van der Waals surface area contributed by atoms with Gasteiger partial charge in [-0.1, -0.05) is 30.3 Å². The molecule has 1 N–H and O–H groups in total. The molecule has 0 saturated heterocycles. The fourth-order valence-corrected chi connectivity index (χ4v) is 3.89. The van der Waals surface area contributed by atoms with E-state index in [0.717, 1.165) is 40.7 Å². The Labute approximate surface area is 171 Å². The number of hydrogen-bond acceptors (Lipinski definition) is 2. The number of pyridine rings is 1. The molecule has 7 heteroatoms. The van der Waals surface area contributed by atoms with Gasteiger partial charge in [-0.3, -0.25) is 14.2 Å². The summed E-state index contributed by atoms with van der Waals surface area (Å²) in [6, 6.07) is 15.1. The summed E-state index contributed by atoms with van der Waals surface area (Å²) in [7, 11) is 0. The first kappa shape index (κ1) is 19.9. The lowest BCUT2D eigenvalue weighted by molar-refractivity contribution is -0.137. The maximum atomic E-state index is 13.1. The number of nitrogens with one attached hydrogen (secondary N) is 1. The number of nitrogens with zero attached hydrogens (tertiary/aromatic N) is 1. The monoisotopic (exact) mass is 412 g/mol. The highest BCUT2D eigenvalue weighted by atomic mass is 19.4. The Morgan fingerprint density at radius 1 is 1.07 bits per heavy atom. The highest BCUT2D eigenvalue weighted by Crippen LogP contribution is 2.31. The minimum Gasteiger partial charge on any atom is -0.345 e. The SMILES string of the molecule is Cc1ccc(C(=O)NC2CCc3ccccc32)c(=O)n1-c1cccc(C(F)(F)F)c1. The molecule has 0 aliphatic heterocycles. The maximum Gasteiger partial charge on any atom is 0.416 e. The number of carbonyl (C=O) groups excluding carboxylic acids is 1. The van der Waals surface area contributed by atoms with Gasteiger partial charge in [0.1, 0.15) is 5.56 Å². The van der Waals surface area contributed by atoms with Crippen molar-refractivity contribution < 1.29 is 18.0 Å². The molecule has 3 aromatic rings. The van der Waals surface area contributed by atoms with Crippen LogP contribution >= 0.6 is 0 Å². The standard InChI is InChI=1S/C23H19F3N2O2/c1-14-9-11-19(21(29)27-20-12-10-15-5-2-3-8-18(15)20)22(30)28(14)17-7-4-6-16(13-17)23(24,25)26/h2-9,11,13,20H,10,12H2,1H3,(H,27,29). The topological polar surface area (TPSA) is 51.1 Å². The lowest BCUT2D eigenvalue weighted by atomic mass is 10.1. The van der Waals surface area contributed by atoms with E-state index in [9.17, 15) is 22.8 Å². The minimum absolute atomic E-state index is 0.0631. The van der Waals surface area contributed by atoms with E-state index in [1.54, 1.807) is 13.0 Å². The second-order valence-corrected chi connectivity index (χ2v) is 7.34. The van der Waals surface area contributed by atoms with Crippen LogP contribution in [-0.4, -0.2) is 10.5 Å².